The molecular weight excluding hydrogens is 267 g/mol. The molecule has 88 valence electrons. The van der Waals surface area contributed by atoms with Crippen molar-refractivity contribution in [1.82, 2.24) is 0 Å². The molecule has 0 aliphatic heterocycles. The van der Waals surface area contributed by atoms with Crippen molar-refractivity contribution >= 4 is 15.9 Å². The molecule has 0 aromatic heterocycles. The molecule has 0 radical (unpaired) electrons. The number of rotatable bonds is 1. The van der Waals surface area contributed by atoms with Crippen molar-refractivity contribution in [3.63, 3.8) is 0 Å². The van der Waals surface area contributed by atoms with Crippen LogP contribution in [-0.4, -0.2) is 4.83 Å². The van der Waals surface area contributed by atoms with E-state index in [-0.39, 0.29) is 5.82 Å². The van der Waals surface area contributed by atoms with Crippen LogP contribution >= 0.6 is 15.9 Å². The summed E-state index contributed by atoms with van der Waals surface area (Å²) in [7, 11) is 0. The predicted molar refractivity (Wildman–Crippen MR) is 69.7 cm³/mol. The lowest BCUT2D eigenvalue weighted by atomic mass is 9.88. The zero-order chi connectivity index (χ0) is 11.5. The van der Waals surface area contributed by atoms with Gasteiger partial charge in [-0.2, -0.15) is 0 Å². The summed E-state index contributed by atoms with van der Waals surface area (Å²) in [4.78, 5) is 0.510. The van der Waals surface area contributed by atoms with Crippen LogP contribution in [0.15, 0.2) is 18.2 Å². The Morgan fingerprint density at radius 2 is 1.94 bits per heavy atom. The quantitative estimate of drug-likeness (QED) is 0.506. The lowest BCUT2D eigenvalue weighted by molar-refractivity contribution is 0.589. The standard InChI is InChI=1S/C14H18BrF/c1-10-7-8-11(16)9-13(10)12-5-3-2-4-6-14(12)15/h7-9,12,14H,2-6H2,1H3. The van der Waals surface area contributed by atoms with Crippen LogP contribution in [0, 0.1) is 12.7 Å². The fourth-order valence-electron chi connectivity index (χ4n) is 2.62. The van der Waals surface area contributed by atoms with Gasteiger partial charge in [0.25, 0.3) is 0 Å². The number of benzene rings is 1. The highest BCUT2D eigenvalue weighted by molar-refractivity contribution is 9.09. The minimum Gasteiger partial charge on any atom is -0.207 e. The SMILES string of the molecule is Cc1ccc(F)cc1C1CCCCCC1Br. The van der Waals surface area contributed by atoms with Gasteiger partial charge < -0.3 is 0 Å². The predicted octanol–water partition coefficient (Wildman–Crippen LogP) is 4.95. The third-order valence-corrected chi connectivity index (χ3v) is 4.67. The van der Waals surface area contributed by atoms with Crippen molar-refractivity contribution in [2.45, 2.75) is 49.8 Å². The third-order valence-electron chi connectivity index (χ3n) is 3.57. The molecule has 1 aromatic carbocycles. The molecule has 1 aliphatic carbocycles. The van der Waals surface area contributed by atoms with Crippen LogP contribution in [0.1, 0.15) is 49.1 Å². The maximum Gasteiger partial charge on any atom is 0.123 e. The van der Waals surface area contributed by atoms with E-state index in [4.69, 9.17) is 0 Å². The molecule has 0 bridgehead atoms. The maximum atomic E-state index is 13.3. The van der Waals surface area contributed by atoms with E-state index in [0.717, 1.165) is 0 Å². The van der Waals surface area contributed by atoms with Gasteiger partial charge in [0.2, 0.25) is 0 Å². The third kappa shape index (κ3) is 2.65. The van der Waals surface area contributed by atoms with Gasteiger partial charge in [0.15, 0.2) is 0 Å². The molecule has 2 rings (SSSR count). The van der Waals surface area contributed by atoms with Crippen molar-refractivity contribution in [1.29, 1.82) is 0 Å². The topological polar surface area (TPSA) is 0 Å². The molecule has 2 unspecified atom stereocenters. The average molecular weight is 285 g/mol. The minimum absolute atomic E-state index is 0.107. The summed E-state index contributed by atoms with van der Waals surface area (Å²) in [6, 6.07) is 5.17. The molecule has 0 saturated heterocycles. The van der Waals surface area contributed by atoms with Crippen molar-refractivity contribution in [3.05, 3.63) is 35.1 Å². The largest absolute Gasteiger partial charge is 0.207 e. The van der Waals surface area contributed by atoms with E-state index in [0.29, 0.717) is 10.7 Å². The smallest absolute Gasteiger partial charge is 0.123 e. The number of alkyl halides is 1. The summed E-state index contributed by atoms with van der Waals surface area (Å²) < 4.78 is 13.3. The van der Waals surface area contributed by atoms with Crippen LogP contribution in [0.2, 0.25) is 0 Å². The molecule has 0 nitrogen and oxygen atoms in total. The first-order valence-electron chi connectivity index (χ1n) is 6.08. The van der Waals surface area contributed by atoms with Gasteiger partial charge in [-0.05, 0) is 48.9 Å². The van der Waals surface area contributed by atoms with E-state index >= 15 is 0 Å². The normalized spacial score (nSPS) is 26.4. The molecule has 1 aliphatic rings. The molecule has 0 spiro atoms. The molecule has 1 saturated carbocycles. The Kier molecular flexibility index (Phi) is 4.01. The molecule has 0 amide bonds. The first-order valence-corrected chi connectivity index (χ1v) is 7.00. The van der Waals surface area contributed by atoms with Gasteiger partial charge in [0.05, 0.1) is 0 Å². The fraction of sp³-hybridized carbons (Fsp3) is 0.571. The van der Waals surface area contributed by atoms with Crippen molar-refractivity contribution in [2.75, 3.05) is 0 Å². The molecule has 2 atom stereocenters. The first kappa shape index (κ1) is 12.1. The zero-order valence-corrected chi connectivity index (χ0v) is 11.3. The van der Waals surface area contributed by atoms with E-state index in [9.17, 15) is 4.39 Å². The highest BCUT2D eigenvalue weighted by Gasteiger charge is 2.24. The van der Waals surface area contributed by atoms with Gasteiger partial charge >= 0.3 is 0 Å². The molecular formula is C14H18BrF. The number of halogens is 2. The number of hydrogen-bond acceptors (Lipinski definition) is 0. The Hall–Kier alpha value is -0.370. The second kappa shape index (κ2) is 5.31. The van der Waals surface area contributed by atoms with E-state index in [1.807, 2.05) is 6.07 Å². The summed E-state index contributed by atoms with van der Waals surface area (Å²) in [6.07, 6.45) is 6.26. The van der Waals surface area contributed by atoms with Gasteiger partial charge in [-0.3, -0.25) is 0 Å². The maximum absolute atomic E-state index is 13.3. The Morgan fingerprint density at radius 1 is 1.19 bits per heavy atom. The average Bonchev–Trinajstić information content (AvgIpc) is 2.47. The monoisotopic (exact) mass is 284 g/mol. The van der Waals surface area contributed by atoms with Gasteiger partial charge in [-0.15, -0.1) is 0 Å². The summed E-state index contributed by atoms with van der Waals surface area (Å²) in [5.74, 6) is 0.378. The van der Waals surface area contributed by atoms with Crippen LogP contribution in [-0.2, 0) is 0 Å². The lowest BCUT2D eigenvalue weighted by Gasteiger charge is -2.22. The highest BCUT2D eigenvalue weighted by Crippen LogP contribution is 2.37. The van der Waals surface area contributed by atoms with Crippen molar-refractivity contribution in [2.24, 2.45) is 0 Å². The van der Waals surface area contributed by atoms with E-state index < -0.39 is 0 Å². The summed E-state index contributed by atoms with van der Waals surface area (Å²) in [5.41, 5.74) is 2.42. The van der Waals surface area contributed by atoms with Crippen molar-refractivity contribution in [3.8, 4) is 0 Å². The summed E-state index contributed by atoms with van der Waals surface area (Å²) in [5, 5.41) is 0. The Morgan fingerprint density at radius 3 is 2.75 bits per heavy atom. The first-order chi connectivity index (χ1) is 7.68. The molecule has 1 fully saturated rings. The fourth-order valence-corrected chi connectivity index (χ4v) is 3.50. The minimum atomic E-state index is -0.107. The molecule has 0 heterocycles. The number of hydrogen-bond donors (Lipinski definition) is 0. The van der Waals surface area contributed by atoms with Crippen LogP contribution in [0.3, 0.4) is 0 Å². The molecule has 2 heteroatoms. The van der Waals surface area contributed by atoms with E-state index in [2.05, 4.69) is 22.9 Å². The number of aryl methyl sites for hydroxylation is 1. The highest BCUT2D eigenvalue weighted by atomic mass is 79.9. The van der Waals surface area contributed by atoms with Crippen LogP contribution in [0.5, 0.6) is 0 Å². The lowest BCUT2D eigenvalue weighted by Crippen LogP contribution is -2.12. The van der Waals surface area contributed by atoms with Gasteiger partial charge in [-0.1, -0.05) is 41.3 Å². The Balaban J connectivity index is 2.29. The van der Waals surface area contributed by atoms with E-state index in [1.54, 1.807) is 12.1 Å². The van der Waals surface area contributed by atoms with Crippen molar-refractivity contribution < 1.29 is 4.39 Å². The van der Waals surface area contributed by atoms with Gasteiger partial charge in [-0.25, -0.2) is 4.39 Å². The second-order valence-corrected chi connectivity index (χ2v) is 5.94. The Labute approximate surface area is 105 Å². The van der Waals surface area contributed by atoms with Crippen LogP contribution < -0.4 is 0 Å². The summed E-state index contributed by atoms with van der Waals surface area (Å²) in [6.45, 7) is 2.08. The van der Waals surface area contributed by atoms with Gasteiger partial charge in [0.1, 0.15) is 5.82 Å². The Bertz CT molecular complexity index is 362. The van der Waals surface area contributed by atoms with E-state index in [1.165, 1.54) is 43.2 Å². The molecule has 1 aromatic rings. The second-order valence-electron chi connectivity index (χ2n) is 4.76. The van der Waals surface area contributed by atoms with Crippen LogP contribution in [0.4, 0.5) is 4.39 Å². The van der Waals surface area contributed by atoms with Gasteiger partial charge in [0, 0.05) is 4.83 Å². The molecule has 0 N–H and O–H groups in total. The molecule has 16 heavy (non-hydrogen) atoms. The summed E-state index contributed by atoms with van der Waals surface area (Å²) >= 11 is 3.78. The zero-order valence-electron chi connectivity index (χ0n) is 9.68. The van der Waals surface area contributed by atoms with Crippen LogP contribution in [0.25, 0.3) is 0 Å².